The highest BCUT2D eigenvalue weighted by Gasteiger charge is 2.29. The molecule has 0 fully saturated rings. The van der Waals surface area contributed by atoms with Gasteiger partial charge in [0.15, 0.2) is 0 Å². The maximum absolute atomic E-state index is 11.5. The fourth-order valence-corrected chi connectivity index (χ4v) is 2.24. The van der Waals surface area contributed by atoms with E-state index in [2.05, 4.69) is 0 Å². The molecule has 4 nitrogen and oxygen atoms in total. The first-order valence-corrected chi connectivity index (χ1v) is 5.37. The summed E-state index contributed by atoms with van der Waals surface area (Å²) in [5, 5.41) is 18.3. The van der Waals surface area contributed by atoms with Crippen molar-refractivity contribution in [2.45, 2.75) is 12.5 Å². The van der Waals surface area contributed by atoms with Gasteiger partial charge in [-0.15, -0.1) is 0 Å². The summed E-state index contributed by atoms with van der Waals surface area (Å²) in [6, 6.07) is 7.47. The number of nitrogens with zero attached hydrogens (tertiary/aromatic N) is 1. The van der Waals surface area contributed by atoms with Gasteiger partial charge in [-0.25, -0.2) is 0 Å². The van der Waals surface area contributed by atoms with E-state index < -0.39 is 6.61 Å². The number of aliphatic hydroxyl groups excluding tert-OH is 2. The first-order chi connectivity index (χ1) is 7.77. The number of benzene rings is 1. The Labute approximate surface area is 94.1 Å². The molecule has 4 heteroatoms. The molecule has 2 rings (SSSR count). The molecule has 0 saturated carbocycles. The zero-order chi connectivity index (χ0) is 11.5. The molecule has 0 saturated heterocycles. The average Bonchev–Trinajstić information content (AvgIpc) is 2.36. The van der Waals surface area contributed by atoms with E-state index in [9.17, 15) is 9.90 Å². The van der Waals surface area contributed by atoms with Crippen molar-refractivity contribution < 1.29 is 15.0 Å². The van der Waals surface area contributed by atoms with Crippen LogP contribution in [0.5, 0.6) is 0 Å². The van der Waals surface area contributed by atoms with Gasteiger partial charge >= 0.3 is 0 Å². The van der Waals surface area contributed by atoms with Gasteiger partial charge in [-0.1, -0.05) is 24.3 Å². The van der Waals surface area contributed by atoms with Crippen LogP contribution in [-0.4, -0.2) is 40.8 Å². The SMILES string of the molecule is O=C(CO)N1CCc2ccccc2[C@H]1CO. The Morgan fingerprint density at radius 2 is 2.12 bits per heavy atom. The first-order valence-electron chi connectivity index (χ1n) is 5.37. The van der Waals surface area contributed by atoms with Crippen LogP contribution in [0, 0.1) is 0 Å². The largest absolute Gasteiger partial charge is 0.394 e. The summed E-state index contributed by atoms with van der Waals surface area (Å²) in [5.74, 6) is -0.325. The van der Waals surface area contributed by atoms with E-state index in [0.717, 1.165) is 12.0 Å². The van der Waals surface area contributed by atoms with Gasteiger partial charge in [0, 0.05) is 6.54 Å². The van der Waals surface area contributed by atoms with Gasteiger partial charge in [-0.2, -0.15) is 0 Å². The number of aliphatic hydroxyl groups is 2. The molecule has 16 heavy (non-hydrogen) atoms. The normalized spacial score (nSPS) is 19.4. The zero-order valence-corrected chi connectivity index (χ0v) is 8.97. The van der Waals surface area contributed by atoms with Crippen LogP contribution in [0.15, 0.2) is 24.3 Å². The third-order valence-electron chi connectivity index (χ3n) is 3.04. The van der Waals surface area contributed by atoms with E-state index in [1.165, 1.54) is 5.56 Å². The Balaban J connectivity index is 2.33. The molecular formula is C12H15NO3. The summed E-state index contributed by atoms with van der Waals surface area (Å²) in [6.45, 7) is -0.0525. The van der Waals surface area contributed by atoms with E-state index >= 15 is 0 Å². The molecule has 1 aliphatic heterocycles. The minimum Gasteiger partial charge on any atom is -0.394 e. The second kappa shape index (κ2) is 4.63. The Hall–Kier alpha value is -1.39. The zero-order valence-electron chi connectivity index (χ0n) is 8.97. The lowest BCUT2D eigenvalue weighted by Gasteiger charge is -2.36. The molecule has 0 unspecified atom stereocenters. The fraction of sp³-hybridized carbons (Fsp3) is 0.417. The molecule has 2 N–H and O–H groups in total. The molecule has 1 amide bonds. The summed E-state index contributed by atoms with van der Waals surface area (Å²) in [7, 11) is 0. The monoisotopic (exact) mass is 221 g/mol. The van der Waals surface area contributed by atoms with Crippen LogP contribution < -0.4 is 0 Å². The summed E-state index contributed by atoms with van der Waals surface area (Å²) < 4.78 is 0. The fourth-order valence-electron chi connectivity index (χ4n) is 2.24. The molecular weight excluding hydrogens is 206 g/mol. The smallest absolute Gasteiger partial charge is 0.248 e. The Kier molecular flexibility index (Phi) is 3.22. The second-order valence-electron chi connectivity index (χ2n) is 3.89. The van der Waals surface area contributed by atoms with Crippen molar-refractivity contribution in [1.29, 1.82) is 0 Å². The summed E-state index contributed by atoms with van der Waals surface area (Å²) >= 11 is 0. The molecule has 0 aliphatic carbocycles. The van der Waals surface area contributed by atoms with Crippen molar-refractivity contribution in [3.8, 4) is 0 Å². The Bertz CT molecular complexity index is 392. The van der Waals surface area contributed by atoms with Crippen molar-refractivity contribution >= 4 is 5.91 Å². The molecule has 0 radical (unpaired) electrons. The van der Waals surface area contributed by atoms with Crippen LogP contribution in [-0.2, 0) is 11.2 Å². The molecule has 1 aromatic rings. The first kappa shape index (κ1) is 11.1. The Morgan fingerprint density at radius 1 is 1.38 bits per heavy atom. The number of rotatable bonds is 2. The van der Waals surface area contributed by atoms with Crippen molar-refractivity contribution in [2.75, 3.05) is 19.8 Å². The summed E-state index contributed by atoms with van der Waals surface area (Å²) in [6.07, 6.45) is 0.776. The van der Waals surface area contributed by atoms with Crippen molar-refractivity contribution in [3.63, 3.8) is 0 Å². The summed E-state index contributed by atoms with van der Waals surface area (Å²) in [4.78, 5) is 13.1. The number of carbonyl (C=O) groups excluding carboxylic acids is 1. The highest BCUT2D eigenvalue weighted by molar-refractivity contribution is 5.78. The molecule has 1 aromatic carbocycles. The van der Waals surface area contributed by atoms with Gasteiger partial charge in [-0.05, 0) is 17.5 Å². The van der Waals surface area contributed by atoms with Gasteiger partial charge in [0.2, 0.25) is 5.91 Å². The number of amides is 1. The highest BCUT2D eigenvalue weighted by Crippen LogP contribution is 2.28. The van der Waals surface area contributed by atoms with Crippen LogP contribution in [0.4, 0.5) is 0 Å². The second-order valence-corrected chi connectivity index (χ2v) is 3.89. The van der Waals surface area contributed by atoms with Crippen LogP contribution in [0.2, 0.25) is 0 Å². The summed E-state index contributed by atoms with van der Waals surface area (Å²) in [5.41, 5.74) is 2.15. The molecule has 1 aliphatic rings. The quantitative estimate of drug-likeness (QED) is 0.744. The van der Waals surface area contributed by atoms with Gasteiger partial charge < -0.3 is 15.1 Å². The lowest BCUT2D eigenvalue weighted by molar-refractivity contribution is -0.138. The molecule has 0 bridgehead atoms. The topological polar surface area (TPSA) is 60.8 Å². The van der Waals surface area contributed by atoms with Crippen LogP contribution in [0.3, 0.4) is 0 Å². The number of hydrogen-bond donors (Lipinski definition) is 2. The van der Waals surface area contributed by atoms with Crippen molar-refractivity contribution in [3.05, 3.63) is 35.4 Å². The van der Waals surface area contributed by atoms with Gasteiger partial charge in [-0.3, -0.25) is 4.79 Å². The van der Waals surface area contributed by atoms with Crippen LogP contribution in [0.1, 0.15) is 17.2 Å². The maximum Gasteiger partial charge on any atom is 0.248 e. The van der Waals surface area contributed by atoms with E-state index in [0.29, 0.717) is 6.54 Å². The van der Waals surface area contributed by atoms with Gasteiger partial charge in [0.1, 0.15) is 6.61 Å². The third kappa shape index (κ3) is 1.81. The number of carbonyl (C=O) groups is 1. The predicted octanol–water partition coefficient (Wildman–Crippen LogP) is 0.0970. The minimum absolute atomic E-state index is 0.108. The maximum atomic E-state index is 11.5. The number of fused-ring (bicyclic) bond motifs is 1. The van der Waals surface area contributed by atoms with Crippen molar-refractivity contribution in [2.24, 2.45) is 0 Å². The predicted molar refractivity (Wildman–Crippen MR) is 58.8 cm³/mol. The van der Waals surface area contributed by atoms with Crippen LogP contribution >= 0.6 is 0 Å². The Morgan fingerprint density at radius 3 is 2.81 bits per heavy atom. The lowest BCUT2D eigenvalue weighted by Crippen LogP contribution is -2.42. The molecule has 86 valence electrons. The van der Waals surface area contributed by atoms with Gasteiger partial charge in [0.25, 0.3) is 0 Å². The van der Waals surface area contributed by atoms with E-state index in [1.807, 2.05) is 24.3 Å². The molecule has 1 atom stereocenters. The molecule has 0 aromatic heterocycles. The van der Waals surface area contributed by atoms with Gasteiger partial charge in [0.05, 0.1) is 12.6 Å². The average molecular weight is 221 g/mol. The lowest BCUT2D eigenvalue weighted by atomic mass is 9.93. The highest BCUT2D eigenvalue weighted by atomic mass is 16.3. The van der Waals surface area contributed by atoms with Crippen LogP contribution in [0.25, 0.3) is 0 Å². The third-order valence-corrected chi connectivity index (χ3v) is 3.04. The minimum atomic E-state index is -0.501. The molecule has 0 spiro atoms. The van der Waals surface area contributed by atoms with E-state index in [-0.39, 0.29) is 18.6 Å². The standard InChI is InChI=1S/C12H15NO3/c14-7-11-10-4-2-1-3-9(10)5-6-13(11)12(16)8-15/h1-4,11,14-15H,5-8H2/t11-/m1/s1. The van der Waals surface area contributed by atoms with E-state index in [1.54, 1.807) is 4.90 Å². The molecule has 1 heterocycles. The number of hydrogen-bond acceptors (Lipinski definition) is 3. The van der Waals surface area contributed by atoms with Crippen molar-refractivity contribution in [1.82, 2.24) is 4.90 Å². The van der Waals surface area contributed by atoms with E-state index in [4.69, 9.17) is 5.11 Å².